The van der Waals surface area contributed by atoms with Crippen LogP contribution in [0, 0.1) is 0 Å². The van der Waals surface area contributed by atoms with Crippen molar-refractivity contribution >= 4 is 5.90 Å². The molecule has 2 rings (SSSR count). The van der Waals surface area contributed by atoms with E-state index >= 15 is 0 Å². The average Bonchev–Trinajstić information content (AvgIpc) is 2.60. The highest BCUT2D eigenvalue weighted by Gasteiger charge is 2.27. The highest BCUT2D eigenvalue weighted by atomic mass is 16.5. The van der Waals surface area contributed by atoms with E-state index in [0.717, 1.165) is 17.9 Å². The third kappa shape index (κ3) is 2.16. The van der Waals surface area contributed by atoms with Gasteiger partial charge in [0, 0.05) is 5.56 Å². The fourth-order valence-corrected chi connectivity index (χ4v) is 1.78. The molecule has 0 fully saturated rings. The topological polar surface area (TPSA) is 21.6 Å². The lowest BCUT2D eigenvalue weighted by atomic mass is 10.0. The van der Waals surface area contributed by atoms with Crippen LogP contribution in [0.4, 0.5) is 0 Å². The first-order chi connectivity index (χ1) is 7.62. The van der Waals surface area contributed by atoms with Crippen LogP contribution in [0.1, 0.15) is 25.0 Å². The number of aliphatic imine (C=N–C) groups is 1. The molecule has 16 heavy (non-hydrogen) atoms. The summed E-state index contributed by atoms with van der Waals surface area (Å²) in [4.78, 5) is 4.59. The molecule has 0 saturated carbocycles. The van der Waals surface area contributed by atoms with Gasteiger partial charge in [0.15, 0.2) is 0 Å². The fraction of sp³-hybridized carbons (Fsp3) is 0.357. The molecule has 1 aliphatic rings. The zero-order valence-electron chi connectivity index (χ0n) is 9.86. The Bertz CT molecular complexity index is 432. The van der Waals surface area contributed by atoms with Gasteiger partial charge in [-0.3, -0.25) is 0 Å². The van der Waals surface area contributed by atoms with Crippen LogP contribution in [-0.4, -0.2) is 18.0 Å². The Morgan fingerprint density at radius 1 is 1.44 bits per heavy atom. The number of benzene rings is 1. The van der Waals surface area contributed by atoms with E-state index in [1.54, 1.807) is 0 Å². The summed E-state index contributed by atoms with van der Waals surface area (Å²) in [7, 11) is 0. The molecule has 1 heterocycles. The molecule has 2 heteroatoms. The molecule has 0 radical (unpaired) electrons. The molecule has 2 nitrogen and oxygen atoms in total. The third-order valence-electron chi connectivity index (χ3n) is 2.58. The van der Waals surface area contributed by atoms with Gasteiger partial charge >= 0.3 is 0 Å². The molecule has 0 aliphatic carbocycles. The smallest absolute Gasteiger partial charge is 0.217 e. The zero-order valence-corrected chi connectivity index (χ0v) is 9.86. The summed E-state index contributed by atoms with van der Waals surface area (Å²) in [6.07, 6.45) is 2.75. The van der Waals surface area contributed by atoms with Crippen LogP contribution in [0.15, 0.2) is 41.9 Å². The van der Waals surface area contributed by atoms with Crippen LogP contribution in [0.3, 0.4) is 0 Å². The van der Waals surface area contributed by atoms with Gasteiger partial charge in [-0.2, -0.15) is 0 Å². The van der Waals surface area contributed by atoms with E-state index in [1.807, 2.05) is 18.2 Å². The van der Waals surface area contributed by atoms with Gasteiger partial charge in [-0.15, -0.1) is 6.58 Å². The summed E-state index contributed by atoms with van der Waals surface area (Å²) < 4.78 is 5.66. The van der Waals surface area contributed by atoms with E-state index in [9.17, 15) is 0 Å². The lowest BCUT2D eigenvalue weighted by Gasteiger charge is -2.07. The number of rotatable bonds is 3. The maximum Gasteiger partial charge on any atom is 0.217 e. The van der Waals surface area contributed by atoms with Crippen LogP contribution < -0.4 is 0 Å². The lowest BCUT2D eigenvalue weighted by molar-refractivity contribution is 0.279. The van der Waals surface area contributed by atoms with Crippen molar-refractivity contribution in [3.8, 4) is 0 Å². The van der Waals surface area contributed by atoms with Crippen LogP contribution in [0.2, 0.25) is 0 Å². The second kappa shape index (κ2) is 4.12. The lowest BCUT2D eigenvalue weighted by Crippen LogP contribution is -2.17. The quantitative estimate of drug-likeness (QED) is 0.710. The molecular weight excluding hydrogens is 198 g/mol. The van der Waals surface area contributed by atoms with Crippen molar-refractivity contribution in [1.82, 2.24) is 0 Å². The van der Waals surface area contributed by atoms with Gasteiger partial charge in [0.2, 0.25) is 5.90 Å². The van der Waals surface area contributed by atoms with Crippen LogP contribution in [-0.2, 0) is 11.2 Å². The second-order valence-corrected chi connectivity index (χ2v) is 4.67. The van der Waals surface area contributed by atoms with Gasteiger partial charge in [0.25, 0.3) is 0 Å². The molecule has 1 aliphatic heterocycles. The summed E-state index contributed by atoms with van der Waals surface area (Å²) in [6, 6.07) is 8.19. The molecule has 0 saturated heterocycles. The largest absolute Gasteiger partial charge is 0.475 e. The molecule has 0 bridgehead atoms. The van der Waals surface area contributed by atoms with E-state index < -0.39 is 0 Å². The number of ether oxygens (including phenoxy) is 1. The predicted molar refractivity (Wildman–Crippen MR) is 66.9 cm³/mol. The molecular formula is C14H17NO. The zero-order chi connectivity index (χ0) is 11.6. The summed E-state index contributed by atoms with van der Waals surface area (Å²) in [6.45, 7) is 8.59. The number of hydrogen-bond acceptors (Lipinski definition) is 2. The highest BCUT2D eigenvalue weighted by Crippen LogP contribution is 2.22. The molecule has 0 aromatic heterocycles. The summed E-state index contributed by atoms with van der Waals surface area (Å²) in [5.74, 6) is 0.766. The second-order valence-electron chi connectivity index (χ2n) is 4.67. The summed E-state index contributed by atoms with van der Waals surface area (Å²) in [5.41, 5.74) is 2.21. The van der Waals surface area contributed by atoms with Crippen molar-refractivity contribution in [2.75, 3.05) is 6.61 Å². The number of allylic oxidation sites excluding steroid dienone is 1. The third-order valence-corrected chi connectivity index (χ3v) is 2.58. The molecule has 0 N–H and O–H groups in total. The van der Waals surface area contributed by atoms with Gasteiger partial charge in [-0.25, -0.2) is 4.99 Å². The maximum absolute atomic E-state index is 5.66. The van der Waals surface area contributed by atoms with Crippen molar-refractivity contribution in [3.05, 3.63) is 48.0 Å². The normalized spacial score (nSPS) is 17.8. The molecule has 0 unspecified atom stereocenters. The maximum atomic E-state index is 5.66. The molecule has 0 amide bonds. The SMILES string of the molecule is C=CCc1ccccc1C1=NC(C)(C)CO1. The van der Waals surface area contributed by atoms with Crippen LogP contribution >= 0.6 is 0 Å². The van der Waals surface area contributed by atoms with Gasteiger partial charge in [0.05, 0.1) is 5.54 Å². The monoisotopic (exact) mass is 215 g/mol. The van der Waals surface area contributed by atoms with Crippen molar-refractivity contribution in [1.29, 1.82) is 0 Å². The van der Waals surface area contributed by atoms with E-state index in [0.29, 0.717) is 6.61 Å². The van der Waals surface area contributed by atoms with Crippen molar-refractivity contribution in [2.24, 2.45) is 4.99 Å². The van der Waals surface area contributed by atoms with Gasteiger partial charge in [-0.1, -0.05) is 24.3 Å². The van der Waals surface area contributed by atoms with Crippen molar-refractivity contribution < 1.29 is 4.74 Å². The number of hydrogen-bond donors (Lipinski definition) is 0. The molecule has 1 aromatic rings. The summed E-state index contributed by atoms with van der Waals surface area (Å²) >= 11 is 0. The Hall–Kier alpha value is -1.57. The van der Waals surface area contributed by atoms with E-state index in [2.05, 4.69) is 37.6 Å². The Labute approximate surface area is 96.7 Å². The summed E-state index contributed by atoms with van der Waals surface area (Å²) in [5, 5.41) is 0. The Kier molecular flexibility index (Phi) is 2.82. The van der Waals surface area contributed by atoms with Gasteiger partial charge < -0.3 is 4.74 Å². The van der Waals surface area contributed by atoms with E-state index in [-0.39, 0.29) is 5.54 Å². The minimum absolute atomic E-state index is 0.101. The van der Waals surface area contributed by atoms with Crippen LogP contribution in [0.25, 0.3) is 0 Å². The molecule has 0 atom stereocenters. The minimum Gasteiger partial charge on any atom is -0.475 e. The van der Waals surface area contributed by atoms with Gasteiger partial charge in [-0.05, 0) is 31.9 Å². The van der Waals surface area contributed by atoms with E-state index in [1.165, 1.54) is 5.56 Å². The Morgan fingerprint density at radius 2 is 2.19 bits per heavy atom. The fourth-order valence-electron chi connectivity index (χ4n) is 1.78. The Morgan fingerprint density at radius 3 is 2.81 bits per heavy atom. The first-order valence-electron chi connectivity index (χ1n) is 5.54. The van der Waals surface area contributed by atoms with Gasteiger partial charge in [0.1, 0.15) is 6.61 Å². The number of nitrogens with zero attached hydrogens (tertiary/aromatic N) is 1. The molecule has 1 aromatic carbocycles. The van der Waals surface area contributed by atoms with E-state index in [4.69, 9.17) is 4.74 Å². The standard InChI is InChI=1S/C14H17NO/c1-4-7-11-8-5-6-9-12(11)13-15-14(2,3)10-16-13/h4-6,8-9H,1,7,10H2,2-3H3. The van der Waals surface area contributed by atoms with Crippen molar-refractivity contribution in [2.45, 2.75) is 25.8 Å². The molecule has 0 spiro atoms. The average molecular weight is 215 g/mol. The van der Waals surface area contributed by atoms with Crippen LogP contribution in [0.5, 0.6) is 0 Å². The Balaban J connectivity index is 2.37. The minimum atomic E-state index is -0.101. The molecule has 84 valence electrons. The van der Waals surface area contributed by atoms with Crippen molar-refractivity contribution in [3.63, 3.8) is 0 Å². The highest BCUT2D eigenvalue weighted by molar-refractivity contribution is 5.96. The first-order valence-corrected chi connectivity index (χ1v) is 5.54. The predicted octanol–water partition coefficient (Wildman–Crippen LogP) is 2.97. The first kappa shape index (κ1) is 10.9.